The Balaban J connectivity index is 2.83. The third-order valence-electron chi connectivity index (χ3n) is 3.88. The highest BCUT2D eigenvalue weighted by Crippen LogP contribution is 2.39. The highest BCUT2D eigenvalue weighted by atomic mass is 32.2. The summed E-state index contributed by atoms with van der Waals surface area (Å²) in [5, 5.41) is 0.195. The largest absolute Gasteiger partial charge is 0.461 e. The van der Waals surface area contributed by atoms with Crippen molar-refractivity contribution in [3.63, 3.8) is 0 Å². The monoisotopic (exact) mass is 422 g/mol. The summed E-state index contributed by atoms with van der Waals surface area (Å²) in [5.74, 6) is -0.731. The fourth-order valence-corrected chi connectivity index (χ4v) is 4.45. The van der Waals surface area contributed by atoms with Gasteiger partial charge in [-0.1, -0.05) is 19.2 Å². The van der Waals surface area contributed by atoms with Crippen LogP contribution in [-0.2, 0) is 19.1 Å². The van der Waals surface area contributed by atoms with Crippen molar-refractivity contribution in [3.05, 3.63) is 47.6 Å². The number of carbonyl (C=O) groups is 2. The van der Waals surface area contributed by atoms with Crippen molar-refractivity contribution in [3.8, 4) is 0 Å². The second-order valence-electron chi connectivity index (χ2n) is 6.95. The van der Waals surface area contributed by atoms with E-state index in [2.05, 4.69) is 39.1 Å². The Morgan fingerprint density at radius 1 is 0.929 bits per heavy atom. The van der Waals surface area contributed by atoms with Crippen molar-refractivity contribution in [2.45, 2.75) is 61.8 Å². The lowest BCUT2D eigenvalue weighted by molar-refractivity contribution is -0.139. The molecule has 0 saturated carbocycles. The molecular formula is C22H30O4S2. The van der Waals surface area contributed by atoms with Crippen molar-refractivity contribution in [1.82, 2.24) is 0 Å². The molecule has 1 rings (SSSR count). The molecular weight excluding hydrogens is 392 g/mol. The van der Waals surface area contributed by atoms with Crippen LogP contribution in [0.2, 0.25) is 0 Å². The zero-order valence-corrected chi connectivity index (χ0v) is 19.2. The minimum atomic E-state index is -0.366. The van der Waals surface area contributed by atoms with Gasteiger partial charge in [-0.15, -0.1) is 23.5 Å². The molecule has 0 aliphatic rings. The van der Waals surface area contributed by atoms with Gasteiger partial charge in [-0.3, -0.25) is 0 Å². The van der Waals surface area contributed by atoms with E-state index in [1.807, 2.05) is 13.8 Å². The summed E-state index contributed by atoms with van der Waals surface area (Å²) >= 11 is 3.35. The third kappa shape index (κ3) is 7.76. The lowest BCUT2D eigenvalue weighted by Crippen LogP contribution is -2.15. The van der Waals surface area contributed by atoms with Crippen LogP contribution in [0.15, 0.2) is 46.2 Å². The number of carbonyl (C=O) groups excluding carboxylic acids is 2. The van der Waals surface area contributed by atoms with Gasteiger partial charge in [0.15, 0.2) is 0 Å². The molecule has 0 amide bonds. The fourth-order valence-electron chi connectivity index (χ4n) is 2.12. The number of benzene rings is 1. The quantitative estimate of drug-likeness (QED) is 0.282. The number of rotatable bonds is 10. The van der Waals surface area contributed by atoms with Crippen LogP contribution in [0.3, 0.4) is 0 Å². The van der Waals surface area contributed by atoms with Crippen molar-refractivity contribution in [2.75, 3.05) is 13.2 Å². The molecule has 0 spiro atoms. The van der Waals surface area contributed by atoms with Crippen molar-refractivity contribution in [2.24, 2.45) is 0 Å². The molecule has 2 unspecified atom stereocenters. The predicted octanol–water partition coefficient (Wildman–Crippen LogP) is 5.50. The van der Waals surface area contributed by atoms with Gasteiger partial charge >= 0.3 is 11.9 Å². The van der Waals surface area contributed by atoms with E-state index in [1.54, 1.807) is 37.4 Å². The average molecular weight is 423 g/mol. The molecule has 0 fully saturated rings. The van der Waals surface area contributed by atoms with Gasteiger partial charge in [-0.05, 0) is 58.7 Å². The molecule has 4 nitrogen and oxygen atoms in total. The number of aryl methyl sites for hydroxylation is 1. The van der Waals surface area contributed by atoms with Crippen LogP contribution in [0.1, 0.15) is 38.8 Å². The van der Waals surface area contributed by atoms with E-state index >= 15 is 0 Å². The highest BCUT2D eigenvalue weighted by Gasteiger charge is 2.17. The summed E-state index contributed by atoms with van der Waals surface area (Å²) in [6.45, 7) is 19.4. The Morgan fingerprint density at radius 3 is 1.86 bits per heavy atom. The molecule has 2 atom stereocenters. The Kier molecular flexibility index (Phi) is 9.90. The third-order valence-corrected chi connectivity index (χ3v) is 6.45. The number of thioether (sulfide) groups is 2. The zero-order valence-electron chi connectivity index (χ0n) is 17.6. The van der Waals surface area contributed by atoms with Gasteiger partial charge in [-0.2, -0.15) is 0 Å². The first-order valence-electron chi connectivity index (χ1n) is 9.11. The summed E-state index contributed by atoms with van der Waals surface area (Å²) in [4.78, 5) is 25.5. The summed E-state index contributed by atoms with van der Waals surface area (Å²) in [7, 11) is 0. The number of hydrogen-bond donors (Lipinski definition) is 0. The maximum absolute atomic E-state index is 11.6. The first kappa shape index (κ1) is 24.4. The van der Waals surface area contributed by atoms with Gasteiger partial charge in [0, 0.05) is 31.4 Å². The molecule has 28 heavy (non-hydrogen) atoms. The van der Waals surface area contributed by atoms with Crippen LogP contribution < -0.4 is 0 Å². The van der Waals surface area contributed by atoms with Crippen LogP contribution in [0, 0.1) is 13.8 Å². The van der Waals surface area contributed by atoms with E-state index in [4.69, 9.17) is 9.47 Å². The van der Waals surface area contributed by atoms with Crippen LogP contribution in [0.4, 0.5) is 0 Å². The average Bonchev–Trinajstić information content (AvgIpc) is 2.63. The molecule has 0 saturated heterocycles. The fraction of sp³-hybridized carbons (Fsp3) is 0.455. The number of ether oxygens (including phenoxy) is 2. The number of hydrogen-bond acceptors (Lipinski definition) is 6. The first-order valence-corrected chi connectivity index (χ1v) is 10.9. The Bertz CT molecular complexity index is 755. The van der Waals surface area contributed by atoms with Gasteiger partial charge in [0.2, 0.25) is 0 Å². The van der Waals surface area contributed by atoms with E-state index in [0.29, 0.717) is 24.4 Å². The topological polar surface area (TPSA) is 52.6 Å². The smallest absolute Gasteiger partial charge is 0.333 e. The molecule has 0 heterocycles. The molecule has 0 aliphatic carbocycles. The van der Waals surface area contributed by atoms with E-state index in [9.17, 15) is 9.59 Å². The van der Waals surface area contributed by atoms with E-state index in [0.717, 1.165) is 4.90 Å². The molecule has 0 aliphatic heterocycles. The highest BCUT2D eigenvalue weighted by molar-refractivity contribution is 8.03. The molecule has 0 aromatic heterocycles. The molecule has 1 aromatic carbocycles. The Morgan fingerprint density at radius 2 is 1.39 bits per heavy atom. The molecule has 6 heteroatoms. The first-order chi connectivity index (χ1) is 13.0. The second kappa shape index (κ2) is 11.4. The van der Waals surface area contributed by atoms with Crippen molar-refractivity contribution in [1.29, 1.82) is 0 Å². The SMILES string of the molecule is C=C(C)C(=O)OCC(C)Sc1ccc(C)c(C)c1SC(C)COC(=O)C(=C)C. The van der Waals surface area contributed by atoms with Gasteiger partial charge in [-0.25, -0.2) is 9.59 Å². The van der Waals surface area contributed by atoms with Crippen LogP contribution in [0.5, 0.6) is 0 Å². The minimum Gasteiger partial charge on any atom is -0.461 e. The van der Waals surface area contributed by atoms with E-state index in [1.165, 1.54) is 16.0 Å². The van der Waals surface area contributed by atoms with Gasteiger partial charge in [0.25, 0.3) is 0 Å². The molecule has 0 bridgehead atoms. The van der Waals surface area contributed by atoms with E-state index in [-0.39, 0.29) is 22.4 Å². The Labute approximate surface area is 177 Å². The summed E-state index contributed by atoms with van der Waals surface area (Å²) in [6.07, 6.45) is 0. The minimum absolute atomic E-state index is 0.0969. The van der Waals surface area contributed by atoms with Crippen LogP contribution in [0.25, 0.3) is 0 Å². The van der Waals surface area contributed by atoms with Gasteiger partial charge in [0.1, 0.15) is 13.2 Å². The Hall–Kier alpha value is -1.66. The van der Waals surface area contributed by atoms with E-state index < -0.39 is 0 Å². The van der Waals surface area contributed by atoms with Crippen molar-refractivity contribution >= 4 is 35.5 Å². The second-order valence-corrected chi connectivity index (χ2v) is 9.88. The maximum atomic E-state index is 11.6. The zero-order chi connectivity index (χ0) is 21.4. The maximum Gasteiger partial charge on any atom is 0.333 e. The van der Waals surface area contributed by atoms with Crippen LogP contribution in [-0.4, -0.2) is 35.7 Å². The lowest BCUT2D eigenvalue weighted by atomic mass is 10.1. The summed E-state index contributed by atoms with van der Waals surface area (Å²) in [6, 6.07) is 4.19. The summed E-state index contributed by atoms with van der Waals surface area (Å²) < 4.78 is 10.6. The predicted molar refractivity (Wildman–Crippen MR) is 118 cm³/mol. The van der Waals surface area contributed by atoms with Crippen molar-refractivity contribution < 1.29 is 19.1 Å². The molecule has 1 aromatic rings. The van der Waals surface area contributed by atoms with Gasteiger partial charge in [0.05, 0.1) is 0 Å². The summed E-state index contributed by atoms with van der Waals surface area (Å²) in [5.41, 5.74) is 3.22. The molecule has 154 valence electrons. The lowest BCUT2D eigenvalue weighted by Gasteiger charge is -2.20. The molecule has 0 radical (unpaired) electrons. The van der Waals surface area contributed by atoms with Crippen LogP contribution >= 0.6 is 23.5 Å². The standard InChI is InChI=1S/C22H30O4S2/c1-13(2)21(23)25-11-16(6)27-19-10-9-15(5)18(8)20(19)28-17(7)12-26-22(24)14(3)4/h9-10,16-17H,1,3,11-12H2,2,4-8H3. The number of esters is 2. The van der Waals surface area contributed by atoms with Gasteiger partial charge < -0.3 is 9.47 Å². The molecule has 0 N–H and O–H groups in total. The normalized spacial score (nSPS) is 12.8.